The van der Waals surface area contributed by atoms with E-state index in [1.165, 1.54) is 0 Å². The molecule has 1 aromatic rings. The number of hydrogen-bond acceptors (Lipinski definition) is 3. The number of likely N-dealkylation sites (N-methyl/N-ethyl adjacent to an activating group) is 1. The molecular weight excluding hydrogens is 255 g/mol. The number of aromatic nitrogens is 1. The third-order valence-electron chi connectivity index (χ3n) is 2.57. The predicted octanol–water partition coefficient (Wildman–Crippen LogP) is 2.52. The topological polar surface area (TPSA) is 19.4 Å². The van der Waals surface area contributed by atoms with Crippen molar-refractivity contribution in [3.8, 4) is 0 Å². The lowest BCUT2D eigenvalue weighted by Crippen LogP contribution is -2.35. The number of rotatable bonds is 6. The summed E-state index contributed by atoms with van der Waals surface area (Å²) in [6.07, 6.45) is 0. The van der Waals surface area contributed by atoms with E-state index in [4.69, 9.17) is 0 Å². The molecule has 0 saturated carbocycles. The minimum absolute atomic E-state index is 0.130. The van der Waals surface area contributed by atoms with Gasteiger partial charge < -0.3 is 9.80 Å². The van der Waals surface area contributed by atoms with E-state index in [0.29, 0.717) is 25.7 Å². The Balaban J connectivity index is 2.99. The molecule has 0 N–H and O–H groups in total. The van der Waals surface area contributed by atoms with Gasteiger partial charge in [0, 0.05) is 25.7 Å². The molecule has 0 unspecified atom stereocenters. The summed E-state index contributed by atoms with van der Waals surface area (Å²) in [5.74, 6) is -3.24. The number of nitrogens with zero attached hydrogens (tertiary/aromatic N) is 3. The third kappa shape index (κ3) is 4.70. The van der Waals surface area contributed by atoms with Crippen LogP contribution in [-0.2, 0) is 0 Å². The first-order valence-electron chi connectivity index (χ1n) is 6.22. The fourth-order valence-electron chi connectivity index (χ4n) is 1.70. The third-order valence-corrected chi connectivity index (χ3v) is 2.57. The van der Waals surface area contributed by atoms with Crippen molar-refractivity contribution in [2.75, 3.05) is 38.6 Å². The second-order valence-corrected chi connectivity index (χ2v) is 5.21. The molecule has 19 heavy (non-hydrogen) atoms. The molecule has 0 fully saturated rings. The minimum Gasteiger partial charge on any atom is -0.353 e. The van der Waals surface area contributed by atoms with Gasteiger partial charge in [-0.25, -0.2) is 8.78 Å². The summed E-state index contributed by atoms with van der Waals surface area (Å²) in [5, 5.41) is 0. The van der Waals surface area contributed by atoms with Crippen molar-refractivity contribution < 1.29 is 13.2 Å². The molecule has 0 aliphatic carbocycles. The Bertz CT molecular complexity index is 422. The van der Waals surface area contributed by atoms with E-state index >= 15 is 0 Å². The zero-order valence-electron chi connectivity index (χ0n) is 11.8. The van der Waals surface area contributed by atoms with Crippen LogP contribution < -0.4 is 4.90 Å². The molecule has 0 saturated heterocycles. The minimum atomic E-state index is -1.27. The quantitative estimate of drug-likeness (QED) is 0.744. The van der Waals surface area contributed by atoms with E-state index in [-0.39, 0.29) is 11.7 Å². The number of hydrogen-bond donors (Lipinski definition) is 0. The van der Waals surface area contributed by atoms with Crippen LogP contribution in [0.25, 0.3) is 0 Å². The van der Waals surface area contributed by atoms with Crippen molar-refractivity contribution in [3.63, 3.8) is 0 Å². The highest BCUT2D eigenvalue weighted by atomic mass is 19.2. The Morgan fingerprint density at radius 3 is 2.26 bits per heavy atom. The highest BCUT2D eigenvalue weighted by Crippen LogP contribution is 2.19. The van der Waals surface area contributed by atoms with Gasteiger partial charge in [0.25, 0.3) is 5.95 Å². The molecule has 0 bridgehead atoms. The molecule has 108 valence electrons. The maximum absolute atomic E-state index is 13.7. The Hall–Kier alpha value is -1.30. The van der Waals surface area contributed by atoms with Gasteiger partial charge in [-0.2, -0.15) is 9.37 Å². The van der Waals surface area contributed by atoms with E-state index in [1.807, 2.05) is 32.8 Å². The lowest BCUT2D eigenvalue weighted by molar-refractivity contribution is 0.404. The van der Waals surface area contributed by atoms with E-state index in [2.05, 4.69) is 4.98 Å². The molecule has 1 heterocycles. The highest BCUT2D eigenvalue weighted by Gasteiger charge is 2.18. The number of halogens is 3. The van der Waals surface area contributed by atoms with Crippen LogP contribution in [0.15, 0.2) is 6.07 Å². The number of pyridine rings is 1. The zero-order valence-corrected chi connectivity index (χ0v) is 11.8. The van der Waals surface area contributed by atoms with Gasteiger partial charge in [0.05, 0.1) is 0 Å². The van der Waals surface area contributed by atoms with Crippen LogP contribution in [0.5, 0.6) is 0 Å². The molecule has 1 rings (SSSR count). The molecule has 6 heteroatoms. The molecule has 0 amide bonds. The molecule has 0 spiro atoms. The summed E-state index contributed by atoms with van der Waals surface area (Å²) in [7, 11) is 3.78. The average molecular weight is 275 g/mol. The second kappa shape index (κ2) is 6.75. The van der Waals surface area contributed by atoms with E-state index in [0.717, 1.165) is 0 Å². The van der Waals surface area contributed by atoms with Crippen molar-refractivity contribution in [3.05, 3.63) is 23.6 Å². The van der Waals surface area contributed by atoms with Crippen molar-refractivity contribution in [2.45, 2.75) is 13.8 Å². The first-order valence-corrected chi connectivity index (χ1v) is 6.22. The van der Waals surface area contributed by atoms with Crippen LogP contribution in [0.2, 0.25) is 0 Å². The SMILES string of the molecule is CC(C)CN(CCN(C)C)c1nc(F)c(F)cc1F. The van der Waals surface area contributed by atoms with Crippen LogP contribution in [-0.4, -0.2) is 43.6 Å². The maximum Gasteiger partial charge on any atom is 0.251 e. The summed E-state index contributed by atoms with van der Waals surface area (Å²) < 4.78 is 39.8. The van der Waals surface area contributed by atoms with Gasteiger partial charge in [-0.05, 0) is 20.0 Å². The summed E-state index contributed by atoms with van der Waals surface area (Å²) in [4.78, 5) is 6.97. The average Bonchev–Trinajstić information content (AvgIpc) is 2.29. The van der Waals surface area contributed by atoms with Crippen LogP contribution in [0.1, 0.15) is 13.8 Å². The molecule has 0 aliphatic heterocycles. The first kappa shape index (κ1) is 15.8. The van der Waals surface area contributed by atoms with E-state index in [1.54, 1.807) is 4.90 Å². The Kier molecular flexibility index (Phi) is 5.60. The van der Waals surface area contributed by atoms with Crippen LogP contribution in [0.3, 0.4) is 0 Å². The molecule has 0 aliphatic rings. The standard InChI is InChI=1S/C13H20F3N3/c1-9(2)8-19(6-5-18(3)4)13-11(15)7-10(14)12(16)17-13/h7,9H,5-6,8H2,1-4H3. The van der Waals surface area contributed by atoms with Crippen molar-refractivity contribution in [1.82, 2.24) is 9.88 Å². The molecule has 0 radical (unpaired) electrons. The summed E-state index contributed by atoms with van der Waals surface area (Å²) in [5.41, 5.74) is 0. The van der Waals surface area contributed by atoms with Gasteiger partial charge in [-0.1, -0.05) is 13.8 Å². The maximum atomic E-state index is 13.7. The lowest BCUT2D eigenvalue weighted by atomic mass is 10.2. The van der Waals surface area contributed by atoms with E-state index in [9.17, 15) is 13.2 Å². The summed E-state index contributed by atoms with van der Waals surface area (Å²) in [6.45, 7) is 5.65. The van der Waals surface area contributed by atoms with Gasteiger partial charge in [-0.15, -0.1) is 0 Å². The van der Waals surface area contributed by atoms with Crippen LogP contribution >= 0.6 is 0 Å². The van der Waals surface area contributed by atoms with E-state index < -0.39 is 17.6 Å². The largest absolute Gasteiger partial charge is 0.353 e. The lowest BCUT2D eigenvalue weighted by Gasteiger charge is -2.27. The Morgan fingerprint density at radius 2 is 1.74 bits per heavy atom. The van der Waals surface area contributed by atoms with Crippen LogP contribution in [0, 0.1) is 23.5 Å². The van der Waals surface area contributed by atoms with Gasteiger partial charge in [-0.3, -0.25) is 0 Å². The van der Waals surface area contributed by atoms with Crippen molar-refractivity contribution in [1.29, 1.82) is 0 Å². The monoisotopic (exact) mass is 275 g/mol. The normalized spacial score (nSPS) is 11.4. The molecule has 0 aromatic carbocycles. The molecule has 0 atom stereocenters. The second-order valence-electron chi connectivity index (χ2n) is 5.21. The Morgan fingerprint density at radius 1 is 1.11 bits per heavy atom. The summed E-state index contributed by atoms with van der Waals surface area (Å²) >= 11 is 0. The van der Waals surface area contributed by atoms with Crippen LogP contribution in [0.4, 0.5) is 19.0 Å². The van der Waals surface area contributed by atoms with Crippen molar-refractivity contribution in [2.24, 2.45) is 5.92 Å². The van der Waals surface area contributed by atoms with Gasteiger partial charge >= 0.3 is 0 Å². The molecule has 3 nitrogen and oxygen atoms in total. The first-order chi connectivity index (χ1) is 8.81. The van der Waals surface area contributed by atoms with Gasteiger partial charge in [0.1, 0.15) is 0 Å². The fourth-order valence-corrected chi connectivity index (χ4v) is 1.70. The zero-order chi connectivity index (χ0) is 14.6. The predicted molar refractivity (Wildman–Crippen MR) is 69.7 cm³/mol. The van der Waals surface area contributed by atoms with Gasteiger partial charge in [0.2, 0.25) is 0 Å². The smallest absolute Gasteiger partial charge is 0.251 e. The number of anilines is 1. The Labute approximate surface area is 112 Å². The fraction of sp³-hybridized carbons (Fsp3) is 0.615. The summed E-state index contributed by atoms with van der Waals surface area (Å²) in [6, 6.07) is 0.542. The molecule has 1 aromatic heterocycles. The van der Waals surface area contributed by atoms with Gasteiger partial charge in [0.15, 0.2) is 17.5 Å². The molecular formula is C13H20F3N3. The highest BCUT2D eigenvalue weighted by molar-refractivity contribution is 5.40. The van der Waals surface area contributed by atoms with Crippen molar-refractivity contribution >= 4 is 5.82 Å².